The monoisotopic (exact) mass is 218 g/mol. The SMILES string of the molecule is COc1c(C(C)C)cccc1[C@@H](C)C1CC1. The molecule has 1 aliphatic rings. The normalized spacial score (nSPS) is 17.6. The number of rotatable bonds is 4. The van der Waals surface area contributed by atoms with Crippen LogP contribution in [0.25, 0.3) is 0 Å². The summed E-state index contributed by atoms with van der Waals surface area (Å²) in [5.74, 6) is 3.18. The highest BCUT2D eigenvalue weighted by atomic mass is 16.5. The van der Waals surface area contributed by atoms with Gasteiger partial charge in [-0.15, -0.1) is 0 Å². The molecule has 0 spiro atoms. The van der Waals surface area contributed by atoms with Gasteiger partial charge in [0, 0.05) is 0 Å². The van der Waals surface area contributed by atoms with E-state index in [0.29, 0.717) is 11.8 Å². The van der Waals surface area contributed by atoms with Crippen molar-refractivity contribution in [3.8, 4) is 5.75 Å². The lowest BCUT2D eigenvalue weighted by atomic mass is 9.90. The zero-order valence-electron chi connectivity index (χ0n) is 10.8. The summed E-state index contributed by atoms with van der Waals surface area (Å²) in [5.41, 5.74) is 2.74. The van der Waals surface area contributed by atoms with Gasteiger partial charge in [0.25, 0.3) is 0 Å². The van der Waals surface area contributed by atoms with Crippen LogP contribution in [0.15, 0.2) is 18.2 Å². The summed E-state index contributed by atoms with van der Waals surface area (Å²) in [6.45, 7) is 6.78. The number of methoxy groups -OCH3 is 1. The summed E-state index contributed by atoms with van der Waals surface area (Å²) in [7, 11) is 1.80. The van der Waals surface area contributed by atoms with Crippen LogP contribution in [-0.2, 0) is 0 Å². The van der Waals surface area contributed by atoms with Crippen molar-refractivity contribution in [1.82, 2.24) is 0 Å². The van der Waals surface area contributed by atoms with E-state index < -0.39 is 0 Å². The Labute approximate surface area is 98.8 Å². The van der Waals surface area contributed by atoms with Crippen molar-refractivity contribution >= 4 is 0 Å². The Balaban J connectivity index is 2.39. The molecule has 1 saturated carbocycles. The van der Waals surface area contributed by atoms with Crippen LogP contribution in [0.1, 0.15) is 56.6 Å². The lowest BCUT2D eigenvalue weighted by Crippen LogP contribution is -2.03. The predicted octanol–water partition coefficient (Wildman–Crippen LogP) is 4.33. The summed E-state index contributed by atoms with van der Waals surface area (Å²) >= 11 is 0. The second-order valence-corrected chi connectivity index (χ2v) is 5.25. The lowest BCUT2D eigenvalue weighted by Gasteiger charge is -2.19. The minimum atomic E-state index is 0.529. The highest BCUT2D eigenvalue weighted by Crippen LogP contribution is 2.46. The van der Waals surface area contributed by atoms with Gasteiger partial charge in [-0.3, -0.25) is 0 Å². The van der Waals surface area contributed by atoms with E-state index in [-0.39, 0.29) is 0 Å². The Morgan fingerprint density at radius 1 is 1.12 bits per heavy atom. The fourth-order valence-electron chi connectivity index (χ4n) is 2.47. The molecule has 0 heterocycles. The molecule has 1 heteroatoms. The van der Waals surface area contributed by atoms with Gasteiger partial charge in [-0.2, -0.15) is 0 Å². The molecule has 2 rings (SSSR count). The van der Waals surface area contributed by atoms with Gasteiger partial charge in [0.2, 0.25) is 0 Å². The number of hydrogen-bond acceptors (Lipinski definition) is 1. The maximum atomic E-state index is 5.64. The fourth-order valence-corrected chi connectivity index (χ4v) is 2.47. The smallest absolute Gasteiger partial charge is 0.125 e. The quantitative estimate of drug-likeness (QED) is 0.730. The molecule has 88 valence electrons. The molecule has 0 N–H and O–H groups in total. The highest BCUT2D eigenvalue weighted by Gasteiger charge is 2.31. The molecule has 0 amide bonds. The lowest BCUT2D eigenvalue weighted by molar-refractivity contribution is 0.397. The Bertz CT molecular complexity index is 364. The highest BCUT2D eigenvalue weighted by molar-refractivity contribution is 5.45. The van der Waals surface area contributed by atoms with Crippen LogP contribution in [0, 0.1) is 5.92 Å². The van der Waals surface area contributed by atoms with E-state index >= 15 is 0 Å². The van der Waals surface area contributed by atoms with E-state index in [4.69, 9.17) is 4.74 Å². The van der Waals surface area contributed by atoms with Crippen LogP contribution in [0.3, 0.4) is 0 Å². The average molecular weight is 218 g/mol. The first-order valence-corrected chi connectivity index (χ1v) is 6.32. The fraction of sp³-hybridized carbons (Fsp3) is 0.600. The molecule has 1 aromatic rings. The average Bonchev–Trinajstić information content (AvgIpc) is 3.10. The molecular formula is C15H22O. The molecule has 0 saturated heterocycles. The second-order valence-electron chi connectivity index (χ2n) is 5.25. The summed E-state index contributed by atoms with van der Waals surface area (Å²) in [4.78, 5) is 0. The molecule has 0 aliphatic heterocycles. The number of hydrogen-bond donors (Lipinski definition) is 0. The third-order valence-electron chi connectivity index (χ3n) is 3.72. The summed E-state index contributed by atoms with van der Waals surface area (Å²) < 4.78 is 5.64. The minimum Gasteiger partial charge on any atom is -0.496 e. The first-order chi connectivity index (χ1) is 7.65. The van der Waals surface area contributed by atoms with Crippen molar-refractivity contribution in [2.45, 2.75) is 45.4 Å². The number of para-hydroxylation sites is 1. The summed E-state index contributed by atoms with van der Waals surface area (Å²) in [6.07, 6.45) is 2.77. The van der Waals surface area contributed by atoms with Gasteiger partial charge >= 0.3 is 0 Å². The van der Waals surface area contributed by atoms with E-state index in [1.807, 2.05) is 0 Å². The Kier molecular flexibility index (Phi) is 3.22. The first kappa shape index (κ1) is 11.5. The Hall–Kier alpha value is -0.980. The number of ether oxygens (including phenoxy) is 1. The zero-order valence-corrected chi connectivity index (χ0v) is 10.8. The van der Waals surface area contributed by atoms with Crippen molar-refractivity contribution < 1.29 is 4.74 Å². The van der Waals surface area contributed by atoms with Crippen molar-refractivity contribution in [3.63, 3.8) is 0 Å². The van der Waals surface area contributed by atoms with Gasteiger partial charge in [-0.25, -0.2) is 0 Å². The topological polar surface area (TPSA) is 9.23 Å². The van der Waals surface area contributed by atoms with Crippen LogP contribution in [0.4, 0.5) is 0 Å². The molecule has 0 bridgehead atoms. The van der Waals surface area contributed by atoms with E-state index in [2.05, 4.69) is 39.0 Å². The van der Waals surface area contributed by atoms with Gasteiger partial charge in [-0.05, 0) is 41.7 Å². The first-order valence-electron chi connectivity index (χ1n) is 6.32. The molecule has 1 aromatic carbocycles. The largest absolute Gasteiger partial charge is 0.496 e. The summed E-state index contributed by atoms with van der Waals surface area (Å²) in [6, 6.07) is 6.59. The van der Waals surface area contributed by atoms with Crippen LogP contribution in [0.2, 0.25) is 0 Å². The molecule has 0 unspecified atom stereocenters. The molecule has 16 heavy (non-hydrogen) atoms. The summed E-state index contributed by atoms with van der Waals surface area (Å²) in [5, 5.41) is 0. The Morgan fingerprint density at radius 3 is 2.25 bits per heavy atom. The third kappa shape index (κ3) is 2.09. The second kappa shape index (κ2) is 4.48. The van der Waals surface area contributed by atoms with Crippen molar-refractivity contribution in [2.24, 2.45) is 5.92 Å². The van der Waals surface area contributed by atoms with Crippen LogP contribution >= 0.6 is 0 Å². The van der Waals surface area contributed by atoms with E-state index in [1.54, 1.807) is 7.11 Å². The zero-order chi connectivity index (χ0) is 11.7. The van der Waals surface area contributed by atoms with Gasteiger partial charge in [0.15, 0.2) is 0 Å². The molecule has 0 radical (unpaired) electrons. The molecule has 1 fully saturated rings. The molecule has 0 aromatic heterocycles. The molecule has 1 atom stereocenters. The van der Waals surface area contributed by atoms with Gasteiger partial charge < -0.3 is 4.74 Å². The van der Waals surface area contributed by atoms with Gasteiger partial charge in [-0.1, -0.05) is 39.0 Å². The molecule has 1 aliphatic carbocycles. The maximum absolute atomic E-state index is 5.64. The third-order valence-corrected chi connectivity index (χ3v) is 3.72. The van der Waals surface area contributed by atoms with Crippen LogP contribution in [0.5, 0.6) is 5.75 Å². The van der Waals surface area contributed by atoms with Gasteiger partial charge in [0.05, 0.1) is 7.11 Å². The van der Waals surface area contributed by atoms with Crippen molar-refractivity contribution in [3.05, 3.63) is 29.3 Å². The van der Waals surface area contributed by atoms with E-state index in [1.165, 1.54) is 24.0 Å². The maximum Gasteiger partial charge on any atom is 0.125 e. The van der Waals surface area contributed by atoms with Crippen molar-refractivity contribution in [1.29, 1.82) is 0 Å². The predicted molar refractivity (Wildman–Crippen MR) is 68.2 cm³/mol. The number of benzene rings is 1. The van der Waals surface area contributed by atoms with Crippen molar-refractivity contribution in [2.75, 3.05) is 7.11 Å². The van der Waals surface area contributed by atoms with Crippen LogP contribution in [-0.4, -0.2) is 7.11 Å². The molecule has 1 nitrogen and oxygen atoms in total. The van der Waals surface area contributed by atoms with E-state index in [9.17, 15) is 0 Å². The minimum absolute atomic E-state index is 0.529. The van der Waals surface area contributed by atoms with E-state index in [0.717, 1.165) is 11.7 Å². The van der Waals surface area contributed by atoms with Gasteiger partial charge in [0.1, 0.15) is 5.75 Å². The molecular weight excluding hydrogens is 196 g/mol. The Morgan fingerprint density at radius 2 is 1.75 bits per heavy atom. The standard InChI is InChI=1S/C15H22O/c1-10(2)13-6-5-7-14(15(13)16-4)11(3)12-8-9-12/h5-7,10-12H,8-9H2,1-4H3/t11-/m0/s1. The van der Waals surface area contributed by atoms with Crippen LogP contribution < -0.4 is 4.74 Å².